The van der Waals surface area contributed by atoms with Gasteiger partial charge in [-0.2, -0.15) is 0 Å². The summed E-state index contributed by atoms with van der Waals surface area (Å²) >= 11 is 1.79. The smallest absolute Gasteiger partial charge is 0.164 e. The summed E-state index contributed by atoms with van der Waals surface area (Å²) in [6.45, 7) is 0. The van der Waals surface area contributed by atoms with E-state index in [1.54, 1.807) is 11.3 Å². The van der Waals surface area contributed by atoms with E-state index < -0.39 is 0 Å². The number of benzene rings is 10. The molecule has 0 spiro atoms. The van der Waals surface area contributed by atoms with Crippen LogP contribution in [0.4, 0.5) is 0 Å². The second-order valence-corrected chi connectivity index (χ2v) is 17.0. The van der Waals surface area contributed by atoms with Gasteiger partial charge in [0, 0.05) is 31.8 Å². The van der Waals surface area contributed by atoms with Crippen LogP contribution in [-0.2, 0) is 0 Å². The first-order valence-electron chi connectivity index (χ1n) is 20.7. The van der Waals surface area contributed by atoms with Crippen molar-refractivity contribution in [1.82, 2.24) is 15.0 Å². The minimum Gasteiger partial charge on any atom is -0.208 e. The topological polar surface area (TPSA) is 38.7 Å². The van der Waals surface area contributed by atoms with Crippen LogP contribution in [0.5, 0.6) is 0 Å². The highest BCUT2D eigenvalue weighted by molar-refractivity contribution is 7.22. The summed E-state index contributed by atoms with van der Waals surface area (Å²) in [6, 6.07) is 72.3. The summed E-state index contributed by atoms with van der Waals surface area (Å²) in [4.78, 5) is 17.0. The summed E-state index contributed by atoms with van der Waals surface area (Å²) in [6.07, 6.45) is 0. The van der Waals surface area contributed by atoms with E-state index in [1.807, 2.05) is 18.2 Å². The lowest BCUT2D eigenvalue weighted by molar-refractivity contribution is 1.07. The Labute approximate surface area is 355 Å². The van der Waals surface area contributed by atoms with Crippen LogP contribution in [0.15, 0.2) is 200 Å². The Morgan fingerprint density at radius 2 is 0.754 bits per heavy atom. The number of nitrogens with zero attached hydrogens (tertiary/aromatic N) is 3. The zero-order valence-electron chi connectivity index (χ0n) is 32.8. The molecule has 0 N–H and O–H groups in total. The quantitative estimate of drug-likeness (QED) is 0.163. The molecule has 0 saturated heterocycles. The summed E-state index contributed by atoms with van der Waals surface area (Å²) in [5, 5.41) is 16.4. The Morgan fingerprint density at radius 1 is 0.279 bits per heavy atom. The van der Waals surface area contributed by atoms with Gasteiger partial charge in [0.25, 0.3) is 0 Å². The van der Waals surface area contributed by atoms with Crippen LogP contribution in [0, 0.1) is 0 Å². The van der Waals surface area contributed by atoms with Gasteiger partial charge in [-0.3, -0.25) is 0 Å². The van der Waals surface area contributed by atoms with E-state index in [9.17, 15) is 0 Å². The van der Waals surface area contributed by atoms with Gasteiger partial charge in [0.2, 0.25) is 0 Å². The van der Waals surface area contributed by atoms with Gasteiger partial charge in [-0.05, 0) is 105 Å². The summed E-state index contributed by atoms with van der Waals surface area (Å²) in [7, 11) is 0. The van der Waals surface area contributed by atoms with Gasteiger partial charge in [0.1, 0.15) is 0 Å². The van der Waals surface area contributed by atoms with E-state index in [1.165, 1.54) is 79.6 Å². The molecule has 0 aliphatic rings. The number of hydrogen-bond donors (Lipinski definition) is 0. The lowest BCUT2D eigenvalue weighted by Crippen LogP contribution is -2.01. The second-order valence-electron chi connectivity index (χ2n) is 15.9. The van der Waals surface area contributed by atoms with Gasteiger partial charge in [-0.1, -0.05) is 176 Å². The minimum atomic E-state index is 0.634. The number of aromatic nitrogens is 3. The van der Waals surface area contributed by atoms with Gasteiger partial charge >= 0.3 is 0 Å². The van der Waals surface area contributed by atoms with Crippen LogP contribution in [0.25, 0.3) is 130 Å². The van der Waals surface area contributed by atoms with Crippen molar-refractivity contribution in [2.75, 3.05) is 0 Å². The maximum Gasteiger partial charge on any atom is 0.164 e. The number of hydrogen-bond acceptors (Lipinski definition) is 4. The van der Waals surface area contributed by atoms with Crippen LogP contribution in [0.2, 0.25) is 0 Å². The second kappa shape index (κ2) is 13.4. The molecule has 2 heterocycles. The van der Waals surface area contributed by atoms with Crippen LogP contribution in [-0.4, -0.2) is 15.0 Å². The van der Waals surface area contributed by atoms with E-state index >= 15 is 0 Å². The fraction of sp³-hybridized carbons (Fsp3) is 0. The zero-order chi connectivity index (χ0) is 40.0. The molecule has 0 amide bonds. The van der Waals surface area contributed by atoms with Crippen molar-refractivity contribution in [2.45, 2.75) is 0 Å². The lowest BCUT2D eigenvalue weighted by Gasteiger charge is -2.18. The molecule has 282 valence electrons. The fourth-order valence-corrected chi connectivity index (χ4v) is 10.8. The van der Waals surface area contributed by atoms with Gasteiger partial charge < -0.3 is 0 Å². The molecule has 0 radical (unpaired) electrons. The van der Waals surface area contributed by atoms with E-state index in [0.29, 0.717) is 17.5 Å². The van der Waals surface area contributed by atoms with Gasteiger partial charge in [-0.25, -0.2) is 15.0 Å². The molecule has 3 nitrogen and oxygen atoms in total. The number of rotatable bonds is 5. The molecule has 61 heavy (non-hydrogen) atoms. The number of thiophene rings is 1. The van der Waals surface area contributed by atoms with Gasteiger partial charge in [-0.15, -0.1) is 11.3 Å². The van der Waals surface area contributed by atoms with Crippen LogP contribution < -0.4 is 0 Å². The largest absolute Gasteiger partial charge is 0.208 e. The predicted octanol–water partition coefficient (Wildman–Crippen LogP) is 15.8. The standard InChI is InChI=1S/C57H33N3S/c1-2-13-37(14-3-1)55-58-56(60-57(59-55)47-22-8-6-20-42(47)50-33-38-15-4-9-26-49(38)61-50)46-21-7-5-19-41(46)40-31-39-30-29-36-17-11-24-44-43-23-10-16-34-27-28-35-18-12-25-45(53(35)51(34)43)48(32-40)54(39)52(36)44/h1-33H. The Morgan fingerprint density at radius 3 is 1.39 bits per heavy atom. The monoisotopic (exact) mass is 791 g/mol. The normalized spacial score (nSPS) is 11.9. The van der Waals surface area contributed by atoms with Crippen molar-refractivity contribution in [2.24, 2.45) is 0 Å². The molecule has 0 saturated carbocycles. The fourth-order valence-electron chi connectivity index (χ4n) is 9.71. The van der Waals surface area contributed by atoms with Crippen molar-refractivity contribution < 1.29 is 0 Å². The summed E-state index contributed by atoms with van der Waals surface area (Å²) in [5.41, 5.74) is 6.15. The molecule has 0 aliphatic heterocycles. The van der Waals surface area contributed by atoms with Crippen LogP contribution in [0.1, 0.15) is 0 Å². The van der Waals surface area contributed by atoms with E-state index in [2.05, 4.69) is 182 Å². The third-order valence-corrected chi connectivity index (χ3v) is 13.6. The highest BCUT2D eigenvalue weighted by Crippen LogP contribution is 2.46. The Bertz CT molecular complexity index is 3850. The summed E-state index contributed by atoms with van der Waals surface area (Å²) < 4.78 is 1.25. The van der Waals surface area contributed by atoms with E-state index in [-0.39, 0.29) is 0 Å². The molecule has 0 bridgehead atoms. The highest BCUT2D eigenvalue weighted by Gasteiger charge is 2.21. The Kier molecular flexibility index (Phi) is 7.47. The van der Waals surface area contributed by atoms with Crippen molar-refractivity contribution in [1.29, 1.82) is 0 Å². The van der Waals surface area contributed by atoms with Gasteiger partial charge in [0.05, 0.1) is 0 Å². The van der Waals surface area contributed by atoms with Crippen LogP contribution in [0.3, 0.4) is 0 Å². The SMILES string of the molecule is c1ccc(-c2nc(-c3ccccc3-c3cc4ccc5cccc6c7cccc8ccc9cccc(c(c3)c4c56)c9c87)nc(-c3ccccc3-c3cc4ccccc4s3)n2)cc1. The molecule has 4 heteroatoms. The third kappa shape index (κ3) is 5.33. The molecule has 2 aromatic heterocycles. The first kappa shape index (κ1) is 34.1. The maximum absolute atomic E-state index is 5.37. The number of fused-ring (bicyclic) bond motifs is 3. The molecule has 0 atom stereocenters. The lowest BCUT2D eigenvalue weighted by atomic mass is 9.86. The van der Waals surface area contributed by atoms with Crippen molar-refractivity contribution in [3.63, 3.8) is 0 Å². The average molecular weight is 792 g/mol. The molecule has 13 aromatic rings. The third-order valence-electron chi connectivity index (χ3n) is 12.4. The Balaban J connectivity index is 1.09. The van der Waals surface area contributed by atoms with E-state index in [4.69, 9.17) is 15.0 Å². The minimum absolute atomic E-state index is 0.634. The molecule has 11 aromatic carbocycles. The molecule has 13 rings (SSSR count). The van der Waals surface area contributed by atoms with Crippen LogP contribution >= 0.6 is 11.3 Å². The predicted molar refractivity (Wildman–Crippen MR) is 259 cm³/mol. The molecular weight excluding hydrogens is 759 g/mol. The first-order valence-corrected chi connectivity index (χ1v) is 21.5. The molecule has 0 aliphatic carbocycles. The molecule has 0 fully saturated rings. The van der Waals surface area contributed by atoms with Crippen molar-refractivity contribution in [3.05, 3.63) is 200 Å². The van der Waals surface area contributed by atoms with Crippen molar-refractivity contribution >= 4 is 86.1 Å². The Hall–Kier alpha value is -7.79. The maximum atomic E-state index is 5.37. The molecule has 0 unspecified atom stereocenters. The van der Waals surface area contributed by atoms with E-state index in [0.717, 1.165) is 33.4 Å². The zero-order valence-corrected chi connectivity index (χ0v) is 33.6. The molecular formula is C57H33N3S. The van der Waals surface area contributed by atoms with Crippen molar-refractivity contribution in [3.8, 4) is 55.7 Å². The average Bonchev–Trinajstić information content (AvgIpc) is 3.77. The summed E-state index contributed by atoms with van der Waals surface area (Å²) in [5.74, 6) is 1.92. The highest BCUT2D eigenvalue weighted by atomic mass is 32.1. The first-order chi connectivity index (χ1) is 30.2. The van der Waals surface area contributed by atoms with Gasteiger partial charge in [0.15, 0.2) is 17.5 Å².